The van der Waals surface area contributed by atoms with Gasteiger partial charge >= 0.3 is 131 Å². The van der Waals surface area contributed by atoms with Crippen molar-refractivity contribution in [3.63, 3.8) is 0 Å². The maximum Gasteiger partial charge on any atom is -0.147 e. The molecule has 0 atom stereocenters. The second kappa shape index (κ2) is 7.40. The van der Waals surface area contributed by atoms with Gasteiger partial charge in [-0.2, -0.15) is 0 Å². The van der Waals surface area contributed by atoms with Crippen molar-refractivity contribution in [2.24, 2.45) is 0 Å². The van der Waals surface area contributed by atoms with E-state index in [0.29, 0.717) is 0 Å². The molecular formula is C19H26Cl2SiZr. The molecule has 0 nitrogen and oxygen atoms in total. The van der Waals surface area contributed by atoms with Crippen LogP contribution in [0.4, 0.5) is 0 Å². The first-order valence-corrected chi connectivity index (χ1v) is 19.8. The van der Waals surface area contributed by atoms with Crippen LogP contribution in [0.15, 0.2) is 72.3 Å². The predicted molar refractivity (Wildman–Crippen MR) is 108 cm³/mol. The average molecular weight is 445 g/mol. The quantitative estimate of drug-likeness (QED) is 0.581. The fourth-order valence-corrected chi connectivity index (χ4v) is 24.9. The Labute approximate surface area is 155 Å². The Morgan fingerprint density at radius 3 is 1.61 bits per heavy atom. The normalized spacial score (nSPS) is 17.4. The predicted octanol–water partition coefficient (Wildman–Crippen LogP) is 4.91. The molecule has 0 aromatic heterocycles. The monoisotopic (exact) mass is 442 g/mol. The van der Waals surface area contributed by atoms with Crippen LogP contribution in [0.2, 0.25) is 4.63 Å². The second-order valence-corrected chi connectivity index (χ2v) is 31.6. The van der Waals surface area contributed by atoms with Gasteiger partial charge in [0.05, 0.1) is 0 Å². The molecule has 4 heteroatoms. The molecule has 0 heterocycles. The van der Waals surface area contributed by atoms with E-state index in [-0.39, 0.29) is 24.8 Å². The van der Waals surface area contributed by atoms with Crippen molar-refractivity contribution >= 4 is 35.0 Å². The van der Waals surface area contributed by atoms with E-state index < -0.39 is 17.4 Å². The van der Waals surface area contributed by atoms with Gasteiger partial charge in [0, 0.05) is 0 Å². The molecule has 2 aliphatic carbocycles. The minimum Gasteiger partial charge on any atom is -0.147 e. The standard InChI is InChI=1S/2C6H7.C6H5.CH3.2ClH.H2Si.Zr/c2*1-6-4-2-3-5-6;1-2-4-6-5-3-1;;;;;/h2*2,4H,3H2,1H3;1-5H;1H3;2*1H;1H2;. The molecule has 23 heavy (non-hydrogen) atoms. The molecule has 1 aromatic carbocycles. The van der Waals surface area contributed by atoms with Crippen LogP contribution in [0.25, 0.3) is 0 Å². The molecule has 2 aliphatic rings. The first-order valence-electron chi connectivity index (χ1n) is 7.78. The molecule has 1 aromatic rings. The Balaban J connectivity index is 0.00000132. The number of allylic oxidation sites excluding steroid dienone is 8. The van der Waals surface area contributed by atoms with Gasteiger partial charge in [0.15, 0.2) is 0 Å². The van der Waals surface area contributed by atoms with Crippen molar-refractivity contribution in [1.82, 2.24) is 0 Å². The fourth-order valence-electron chi connectivity index (χ4n) is 4.27. The van der Waals surface area contributed by atoms with E-state index in [1.807, 2.05) is 0 Å². The average Bonchev–Trinajstić information content (AvgIpc) is 3.09. The van der Waals surface area contributed by atoms with Crippen LogP contribution < -0.4 is 3.27 Å². The molecule has 0 saturated carbocycles. The van der Waals surface area contributed by atoms with Gasteiger partial charge in [-0.15, -0.1) is 24.8 Å². The van der Waals surface area contributed by atoms with Gasteiger partial charge in [-0.25, -0.2) is 0 Å². The maximum absolute atomic E-state index is 3.32. The minimum atomic E-state index is -3.32. The molecule has 0 unspecified atom stereocenters. The van der Waals surface area contributed by atoms with E-state index in [1.165, 1.54) is 11.1 Å². The topological polar surface area (TPSA) is 0 Å². The molecule has 0 amide bonds. The summed E-state index contributed by atoms with van der Waals surface area (Å²) in [7, 11) is 0. The summed E-state index contributed by atoms with van der Waals surface area (Å²) in [6.07, 6.45) is 11.7. The Hall–Kier alpha value is -0.140. The summed E-state index contributed by atoms with van der Waals surface area (Å²) < 4.78 is 7.79. The third-order valence-corrected chi connectivity index (χ3v) is 28.6. The number of halogens is 2. The Morgan fingerprint density at radius 2 is 1.26 bits per heavy atom. The fraction of sp³-hybridized carbons (Fsp3) is 0.263. The Morgan fingerprint density at radius 1 is 0.826 bits per heavy atom. The second-order valence-electron chi connectivity index (χ2n) is 6.91. The first kappa shape index (κ1) is 20.9. The third-order valence-electron chi connectivity index (χ3n) is 5.52. The smallest absolute Gasteiger partial charge is 0.147 e. The number of benzene rings is 1. The number of rotatable bonds is 3. The van der Waals surface area contributed by atoms with Gasteiger partial charge < -0.3 is 0 Å². The van der Waals surface area contributed by atoms with Gasteiger partial charge in [0.2, 0.25) is 0 Å². The molecule has 3 rings (SSSR count). The maximum atomic E-state index is 2.65. The van der Waals surface area contributed by atoms with Crippen molar-refractivity contribution < 1.29 is 17.4 Å². The summed E-state index contributed by atoms with van der Waals surface area (Å²) in [5.74, 6) is 0. The van der Waals surface area contributed by atoms with Crippen LogP contribution in [-0.4, -0.2) is 6.88 Å². The molecule has 0 fully saturated rings. The molecular weight excluding hydrogens is 418 g/mol. The summed E-state index contributed by atoms with van der Waals surface area (Å²) >= 11 is -3.32. The molecule has 0 saturated heterocycles. The van der Waals surface area contributed by atoms with Crippen LogP contribution in [0, 0.1) is 0 Å². The summed E-state index contributed by atoms with van der Waals surface area (Å²) in [6, 6.07) is 11.3. The molecule has 0 aliphatic heterocycles. The van der Waals surface area contributed by atoms with E-state index in [2.05, 4.69) is 80.0 Å². The summed E-state index contributed by atoms with van der Waals surface area (Å²) in [4.78, 5) is 0. The third kappa shape index (κ3) is 3.21. The molecule has 0 N–H and O–H groups in total. The van der Waals surface area contributed by atoms with Gasteiger partial charge in [0.25, 0.3) is 0 Å². The van der Waals surface area contributed by atoms with E-state index in [0.717, 1.165) is 12.8 Å². The molecule has 124 valence electrons. The zero-order valence-electron chi connectivity index (χ0n) is 14.1. The summed E-state index contributed by atoms with van der Waals surface area (Å²) in [5, 5.41) is 0. The van der Waals surface area contributed by atoms with Crippen LogP contribution in [0.3, 0.4) is 0 Å². The molecule has 0 bridgehead atoms. The van der Waals surface area contributed by atoms with Crippen molar-refractivity contribution in [3.8, 4) is 0 Å². The van der Waals surface area contributed by atoms with Crippen molar-refractivity contribution in [2.45, 2.75) is 31.3 Å². The molecule has 0 radical (unpaired) electrons. The largest absolute Gasteiger partial charge is 0.147 e. The van der Waals surface area contributed by atoms with Crippen LogP contribution in [-0.2, 0) is 17.4 Å². The summed E-state index contributed by atoms with van der Waals surface area (Å²) in [6.45, 7) is 6.99. The van der Waals surface area contributed by atoms with Gasteiger partial charge in [0.1, 0.15) is 0 Å². The Kier molecular flexibility index (Phi) is 6.72. The summed E-state index contributed by atoms with van der Waals surface area (Å²) in [5.41, 5.74) is 3.04. The van der Waals surface area contributed by atoms with Gasteiger partial charge in [-0.1, -0.05) is 0 Å². The van der Waals surface area contributed by atoms with E-state index in [1.54, 1.807) is 9.83 Å². The van der Waals surface area contributed by atoms with Crippen molar-refractivity contribution in [2.75, 3.05) is 0 Å². The zero-order chi connectivity index (χ0) is 15.1. The van der Waals surface area contributed by atoms with Gasteiger partial charge in [-0.05, 0) is 0 Å². The minimum absolute atomic E-state index is 0. The molecule has 0 spiro atoms. The van der Waals surface area contributed by atoms with Crippen molar-refractivity contribution in [3.05, 3.63) is 72.3 Å². The first-order chi connectivity index (χ1) is 9.94. The van der Waals surface area contributed by atoms with Crippen molar-refractivity contribution in [1.29, 1.82) is 0 Å². The van der Waals surface area contributed by atoms with Crippen LogP contribution in [0.5, 0.6) is 0 Å². The number of hydrogen-bond acceptors (Lipinski definition) is 0. The van der Waals surface area contributed by atoms with Crippen LogP contribution in [0.1, 0.15) is 26.7 Å². The Bertz CT molecular complexity index is 743. The van der Waals surface area contributed by atoms with E-state index in [4.69, 9.17) is 0 Å². The van der Waals surface area contributed by atoms with Gasteiger partial charge in [-0.3, -0.25) is 0 Å². The van der Waals surface area contributed by atoms with E-state index in [9.17, 15) is 0 Å². The van der Waals surface area contributed by atoms with Crippen LogP contribution >= 0.6 is 24.8 Å². The zero-order valence-corrected chi connectivity index (χ0v) is 19.6. The SMILES string of the molecule is CC1=[C]([Zr]([CH3])(=[SiH2])([C]2=C(C)C=CC2)[c]2ccccc2)CC=C1.Cl.Cl. The number of hydrogen-bond donors (Lipinski definition) is 0. The van der Waals surface area contributed by atoms with E-state index >= 15 is 0 Å².